The Labute approximate surface area is 208 Å². The summed E-state index contributed by atoms with van der Waals surface area (Å²) in [6, 6.07) is 13.9. The van der Waals surface area contributed by atoms with E-state index in [1.807, 2.05) is 48.5 Å². The number of unbranched alkanes of at least 4 members (excludes halogenated alkanes) is 2. The molecule has 35 heavy (non-hydrogen) atoms. The van der Waals surface area contributed by atoms with E-state index in [4.69, 9.17) is 9.47 Å². The molecular weight excluding hydrogens is 446 g/mol. The highest BCUT2D eigenvalue weighted by molar-refractivity contribution is 5.74. The molecule has 3 atom stereocenters. The fourth-order valence-corrected chi connectivity index (χ4v) is 4.16. The fourth-order valence-electron chi connectivity index (χ4n) is 4.16. The van der Waals surface area contributed by atoms with Crippen molar-refractivity contribution in [3.63, 3.8) is 0 Å². The van der Waals surface area contributed by atoms with E-state index >= 15 is 0 Å². The molecule has 192 valence electrons. The molecule has 1 fully saturated rings. The molecule has 0 bridgehead atoms. The van der Waals surface area contributed by atoms with Crippen LogP contribution in [-0.4, -0.2) is 66.6 Å². The number of methoxy groups -OCH3 is 1. The van der Waals surface area contributed by atoms with Crippen LogP contribution < -0.4 is 20.1 Å². The second kappa shape index (κ2) is 13.9. The van der Waals surface area contributed by atoms with Crippen LogP contribution in [0.25, 0.3) is 0 Å². The third-order valence-electron chi connectivity index (χ3n) is 6.25. The summed E-state index contributed by atoms with van der Waals surface area (Å²) in [5, 5.41) is 26.8. The molecule has 1 saturated heterocycles. The molecule has 1 heterocycles. The largest absolute Gasteiger partial charge is 0.497 e. The first-order chi connectivity index (χ1) is 17.0. The van der Waals surface area contributed by atoms with E-state index in [1.54, 1.807) is 7.11 Å². The number of rotatable bonds is 13. The number of amides is 2. The number of ether oxygens (including phenoxy) is 2. The maximum atomic E-state index is 12.7. The normalized spacial score (nSPS) is 17.5. The van der Waals surface area contributed by atoms with E-state index in [0.29, 0.717) is 38.2 Å². The minimum absolute atomic E-state index is 0.352. The van der Waals surface area contributed by atoms with Crippen LogP contribution in [0.3, 0.4) is 0 Å². The number of carbonyl (C=O) groups excluding carboxylic acids is 1. The van der Waals surface area contributed by atoms with Gasteiger partial charge in [0.25, 0.3) is 0 Å². The van der Waals surface area contributed by atoms with Crippen molar-refractivity contribution in [1.29, 1.82) is 0 Å². The number of aliphatic hydroxyl groups excluding tert-OH is 2. The Hall–Kier alpha value is -2.81. The van der Waals surface area contributed by atoms with E-state index in [0.717, 1.165) is 42.9 Å². The van der Waals surface area contributed by atoms with Gasteiger partial charge in [-0.1, -0.05) is 44.0 Å². The quantitative estimate of drug-likeness (QED) is 0.325. The highest BCUT2D eigenvalue weighted by atomic mass is 16.5. The smallest absolute Gasteiger partial charge is 0.315 e. The van der Waals surface area contributed by atoms with Gasteiger partial charge in [0.1, 0.15) is 17.6 Å². The summed E-state index contributed by atoms with van der Waals surface area (Å²) in [6.07, 6.45) is 2.70. The van der Waals surface area contributed by atoms with Crippen molar-refractivity contribution in [2.45, 2.75) is 57.4 Å². The molecule has 2 aromatic carbocycles. The second-order valence-electron chi connectivity index (χ2n) is 9.05. The minimum atomic E-state index is -0.909. The number of urea groups is 1. The standard InChI is InChI=1S/C27H39N3O5/c1-3-4-5-16-35-24-12-8-21(9-13-24)26(32)25(19-30-15-14-22(31)18-30)29-27(33)28-17-20-6-10-23(34-2)11-7-20/h6-13,22,25-26,31-32H,3-5,14-19H2,1-2H3,(H2,28,29,33)/t22-,25+,26+/m0/s1. The topological polar surface area (TPSA) is 103 Å². The van der Waals surface area contributed by atoms with Crippen LogP contribution in [0, 0.1) is 0 Å². The highest BCUT2D eigenvalue weighted by Gasteiger charge is 2.29. The van der Waals surface area contributed by atoms with Gasteiger partial charge in [-0.25, -0.2) is 4.79 Å². The molecule has 1 aliphatic rings. The molecule has 1 aliphatic heterocycles. The SMILES string of the molecule is CCCCCOc1ccc([C@@H](O)[C@@H](CN2CC[C@H](O)C2)NC(=O)NCc2ccc(OC)cc2)cc1. The van der Waals surface area contributed by atoms with Gasteiger partial charge < -0.3 is 30.3 Å². The van der Waals surface area contributed by atoms with Gasteiger partial charge in [-0.3, -0.25) is 4.90 Å². The van der Waals surface area contributed by atoms with Gasteiger partial charge in [-0.05, 0) is 48.2 Å². The zero-order valence-electron chi connectivity index (χ0n) is 20.8. The maximum Gasteiger partial charge on any atom is 0.315 e. The molecule has 0 aliphatic carbocycles. The van der Waals surface area contributed by atoms with Crippen molar-refractivity contribution in [2.75, 3.05) is 33.4 Å². The Balaban J connectivity index is 1.60. The van der Waals surface area contributed by atoms with Crippen molar-refractivity contribution in [1.82, 2.24) is 15.5 Å². The average molecular weight is 486 g/mol. The van der Waals surface area contributed by atoms with Crippen molar-refractivity contribution in [3.8, 4) is 11.5 Å². The Kier molecular flexibility index (Phi) is 10.7. The summed E-state index contributed by atoms with van der Waals surface area (Å²) < 4.78 is 10.9. The van der Waals surface area contributed by atoms with Crippen LogP contribution in [0.2, 0.25) is 0 Å². The first-order valence-corrected chi connectivity index (χ1v) is 12.5. The van der Waals surface area contributed by atoms with E-state index in [9.17, 15) is 15.0 Å². The molecule has 4 N–H and O–H groups in total. The van der Waals surface area contributed by atoms with Gasteiger partial charge >= 0.3 is 6.03 Å². The van der Waals surface area contributed by atoms with E-state index in [2.05, 4.69) is 22.5 Å². The molecule has 2 amide bonds. The predicted molar refractivity (Wildman–Crippen MR) is 136 cm³/mol. The lowest BCUT2D eigenvalue weighted by molar-refractivity contribution is 0.104. The summed E-state index contributed by atoms with van der Waals surface area (Å²) in [6.45, 7) is 4.87. The Morgan fingerprint density at radius 3 is 2.46 bits per heavy atom. The van der Waals surface area contributed by atoms with Gasteiger partial charge in [-0.2, -0.15) is 0 Å². The number of nitrogens with zero attached hydrogens (tertiary/aromatic N) is 1. The zero-order chi connectivity index (χ0) is 25.0. The average Bonchev–Trinajstić information content (AvgIpc) is 3.29. The lowest BCUT2D eigenvalue weighted by Gasteiger charge is -2.29. The predicted octanol–water partition coefficient (Wildman–Crippen LogP) is 3.23. The highest BCUT2D eigenvalue weighted by Crippen LogP contribution is 2.23. The van der Waals surface area contributed by atoms with Crippen molar-refractivity contribution in [3.05, 3.63) is 59.7 Å². The number of benzene rings is 2. The van der Waals surface area contributed by atoms with Crippen LogP contribution in [-0.2, 0) is 6.54 Å². The number of likely N-dealkylation sites (tertiary alicyclic amines) is 1. The Bertz CT molecular complexity index is 891. The first kappa shape index (κ1) is 26.8. The molecule has 8 nitrogen and oxygen atoms in total. The van der Waals surface area contributed by atoms with Gasteiger partial charge in [-0.15, -0.1) is 0 Å². The third kappa shape index (κ3) is 8.72. The zero-order valence-corrected chi connectivity index (χ0v) is 20.8. The number of hydrogen-bond donors (Lipinski definition) is 4. The summed E-state index contributed by atoms with van der Waals surface area (Å²) in [4.78, 5) is 14.8. The molecular formula is C27H39N3O5. The van der Waals surface area contributed by atoms with Crippen molar-refractivity contribution in [2.24, 2.45) is 0 Å². The molecule has 0 aromatic heterocycles. The van der Waals surface area contributed by atoms with Gasteiger partial charge in [0, 0.05) is 26.2 Å². The molecule has 0 spiro atoms. The molecule has 0 radical (unpaired) electrons. The van der Waals surface area contributed by atoms with Gasteiger partial charge in [0.2, 0.25) is 0 Å². The third-order valence-corrected chi connectivity index (χ3v) is 6.25. The molecule has 0 saturated carbocycles. The summed E-state index contributed by atoms with van der Waals surface area (Å²) in [5.41, 5.74) is 1.64. The second-order valence-corrected chi connectivity index (χ2v) is 9.05. The Morgan fingerprint density at radius 2 is 1.83 bits per heavy atom. The van der Waals surface area contributed by atoms with Crippen LogP contribution in [0.4, 0.5) is 4.79 Å². The summed E-state index contributed by atoms with van der Waals surface area (Å²) in [5.74, 6) is 1.52. The molecule has 8 heteroatoms. The first-order valence-electron chi connectivity index (χ1n) is 12.5. The number of hydrogen-bond acceptors (Lipinski definition) is 6. The fraction of sp³-hybridized carbons (Fsp3) is 0.519. The number of nitrogens with one attached hydrogen (secondary N) is 2. The van der Waals surface area contributed by atoms with Gasteiger partial charge in [0.05, 0.1) is 25.9 Å². The van der Waals surface area contributed by atoms with E-state index in [-0.39, 0.29) is 12.1 Å². The van der Waals surface area contributed by atoms with E-state index in [1.165, 1.54) is 0 Å². The van der Waals surface area contributed by atoms with Crippen molar-refractivity contribution < 1.29 is 24.5 Å². The van der Waals surface area contributed by atoms with E-state index < -0.39 is 12.1 Å². The number of carbonyl (C=O) groups is 1. The summed E-state index contributed by atoms with van der Waals surface area (Å²) >= 11 is 0. The number of β-amino-alcohol motifs (C(OH)–C–C–N with tert-alkyl or cyclic N) is 1. The Morgan fingerprint density at radius 1 is 1.11 bits per heavy atom. The molecule has 0 unspecified atom stereocenters. The molecule has 3 rings (SSSR count). The summed E-state index contributed by atoms with van der Waals surface area (Å²) in [7, 11) is 1.61. The van der Waals surface area contributed by atoms with Crippen LogP contribution in [0.1, 0.15) is 49.8 Å². The maximum absolute atomic E-state index is 12.7. The minimum Gasteiger partial charge on any atom is -0.497 e. The van der Waals surface area contributed by atoms with Crippen LogP contribution >= 0.6 is 0 Å². The monoisotopic (exact) mass is 485 g/mol. The lowest BCUT2D eigenvalue weighted by Crippen LogP contribution is -2.50. The van der Waals surface area contributed by atoms with Crippen LogP contribution in [0.15, 0.2) is 48.5 Å². The van der Waals surface area contributed by atoms with Crippen molar-refractivity contribution >= 4 is 6.03 Å². The van der Waals surface area contributed by atoms with Gasteiger partial charge in [0.15, 0.2) is 0 Å². The van der Waals surface area contributed by atoms with Crippen LogP contribution in [0.5, 0.6) is 11.5 Å². The number of aliphatic hydroxyl groups is 2. The molecule has 2 aromatic rings. The lowest BCUT2D eigenvalue weighted by atomic mass is 10.0.